The van der Waals surface area contributed by atoms with E-state index in [-0.39, 0.29) is 17.9 Å². The van der Waals surface area contributed by atoms with E-state index in [1.165, 1.54) is 19.2 Å². The van der Waals surface area contributed by atoms with Gasteiger partial charge in [0.05, 0.1) is 24.9 Å². The van der Waals surface area contributed by atoms with Gasteiger partial charge in [-0.2, -0.15) is 0 Å². The molecular weight excluding hydrogens is 288 g/mol. The predicted molar refractivity (Wildman–Crippen MR) is 77.8 cm³/mol. The number of nitrogens with one attached hydrogen (secondary N) is 1. The molecule has 22 heavy (non-hydrogen) atoms. The van der Waals surface area contributed by atoms with Crippen LogP contribution in [0.3, 0.4) is 0 Å². The lowest BCUT2D eigenvalue weighted by atomic mass is 10.1. The maximum atomic E-state index is 12.2. The molecule has 0 atom stereocenters. The zero-order valence-corrected chi connectivity index (χ0v) is 12.5. The van der Waals surface area contributed by atoms with Crippen LogP contribution in [0.25, 0.3) is 0 Å². The minimum atomic E-state index is -0.443. The Balaban J connectivity index is 2.23. The number of hydrogen-bond donors (Lipinski definition) is 2. The van der Waals surface area contributed by atoms with Crippen LogP contribution in [0.15, 0.2) is 22.7 Å². The van der Waals surface area contributed by atoms with Crippen LogP contribution in [-0.2, 0) is 16.0 Å². The van der Waals surface area contributed by atoms with Gasteiger partial charge in [-0.05, 0) is 31.5 Å². The van der Waals surface area contributed by atoms with Crippen molar-refractivity contribution in [1.82, 2.24) is 5.16 Å². The van der Waals surface area contributed by atoms with Gasteiger partial charge < -0.3 is 19.7 Å². The number of carbonyl (C=O) groups is 2. The zero-order chi connectivity index (χ0) is 16.3. The Morgan fingerprint density at radius 2 is 2.09 bits per heavy atom. The third-order valence-electron chi connectivity index (χ3n) is 3.15. The predicted octanol–water partition coefficient (Wildman–Crippen LogP) is 1.96. The van der Waals surface area contributed by atoms with E-state index < -0.39 is 11.9 Å². The number of esters is 1. The van der Waals surface area contributed by atoms with Crippen molar-refractivity contribution in [3.63, 3.8) is 0 Å². The number of phenolic OH excluding ortho intramolecular Hbond substituents is 1. The summed E-state index contributed by atoms with van der Waals surface area (Å²) in [5.74, 6) is -0.565. The van der Waals surface area contributed by atoms with E-state index in [4.69, 9.17) is 4.52 Å². The molecule has 0 fully saturated rings. The van der Waals surface area contributed by atoms with Crippen LogP contribution < -0.4 is 5.32 Å². The molecule has 1 aromatic carbocycles. The highest BCUT2D eigenvalue weighted by molar-refractivity contribution is 6.06. The van der Waals surface area contributed by atoms with Gasteiger partial charge in [0.15, 0.2) is 0 Å². The third kappa shape index (κ3) is 3.25. The first-order valence-electron chi connectivity index (χ1n) is 6.55. The molecule has 0 unspecified atom stereocenters. The topological polar surface area (TPSA) is 102 Å². The van der Waals surface area contributed by atoms with Crippen LogP contribution in [0.2, 0.25) is 0 Å². The molecule has 0 radical (unpaired) electrons. The first-order chi connectivity index (χ1) is 10.4. The minimum absolute atomic E-state index is 0.0466. The summed E-state index contributed by atoms with van der Waals surface area (Å²) in [5, 5.41) is 16.1. The number of anilines is 1. The Labute approximate surface area is 126 Å². The highest BCUT2D eigenvalue weighted by Gasteiger charge is 2.19. The first-order valence-corrected chi connectivity index (χ1v) is 6.55. The number of aromatic hydroxyl groups is 1. The molecule has 0 aliphatic rings. The number of aryl methyl sites for hydroxylation is 2. The summed E-state index contributed by atoms with van der Waals surface area (Å²) >= 11 is 0. The van der Waals surface area contributed by atoms with E-state index in [2.05, 4.69) is 15.2 Å². The Kier molecular flexibility index (Phi) is 4.45. The van der Waals surface area contributed by atoms with Crippen molar-refractivity contribution in [2.45, 2.75) is 20.3 Å². The lowest BCUT2D eigenvalue weighted by Gasteiger charge is -2.09. The van der Waals surface area contributed by atoms with Crippen LogP contribution in [0.4, 0.5) is 5.69 Å². The van der Waals surface area contributed by atoms with Crippen LogP contribution >= 0.6 is 0 Å². The fourth-order valence-electron chi connectivity index (χ4n) is 2.02. The molecule has 1 heterocycles. The van der Waals surface area contributed by atoms with Gasteiger partial charge in [0.25, 0.3) is 5.91 Å². The number of aromatic nitrogens is 1. The second kappa shape index (κ2) is 6.30. The summed E-state index contributed by atoms with van der Waals surface area (Å²) in [5.41, 5.74) is 1.59. The van der Waals surface area contributed by atoms with Crippen LogP contribution in [0, 0.1) is 13.8 Å². The van der Waals surface area contributed by atoms with Gasteiger partial charge in [-0.25, -0.2) is 0 Å². The lowest BCUT2D eigenvalue weighted by Crippen LogP contribution is -2.14. The van der Waals surface area contributed by atoms with Gasteiger partial charge in [0.1, 0.15) is 17.1 Å². The summed E-state index contributed by atoms with van der Waals surface area (Å²) < 4.78 is 9.53. The van der Waals surface area contributed by atoms with Gasteiger partial charge in [-0.1, -0.05) is 11.2 Å². The van der Waals surface area contributed by atoms with Gasteiger partial charge in [0, 0.05) is 0 Å². The quantitative estimate of drug-likeness (QED) is 0.661. The van der Waals surface area contributed by atoms with E-state index in [0.29, 0.717) is 22.6 Å². The van der Waals surface area contributed by atoms with Crippen molar-refractivity contribution < 1.29 is 24.0 Å². The zero-order valence-electron chi connectivity index (χ0n) is 12.5. The van der Waals surface area contributed by atoms with Crippen molar-refractivity contribution in [1.29, 1.82) is 0 Å². The number of carbonyl (C=O) groups excluding carboxylic acids is 2. The van der Waals surface area contributed by atoms with Gasteiger partial charge in [-0.3, -0.25) is 9.59 Å². The molecule has 2 rings (SSSR count). The Hall–Kier alpha value is -2.83. The summed E-state index contributed by atoms with van der Waals surface area (Å²) in [6, 6.07) is 4.50. The van der Waals surface area contributed by atoms with E-state index in [0.717, 1.165) is 0 Å². The number of rotatable bonds is 4. The Bertz CT molecular complexity index is 701. The molecule has 2 N–H and O–H groups in total. The molecule has 0 aliphatic heterocycles. The average molecular weight is 304 g/mol. The second-order valence-electron chi connectivity index (χ2n) is 4.76. The summed E-state index contributed by atoms with van der Waals surface area (Å²) in [7, 11) is 1.29. The second-order valence-corrected chi connectivity index (χ2v) is 4.76. The number of phenols is 1. The number of methoxy groups -OCH3 is 1. The fourth-order valence-corrected chi connectivity index (χ4v) is 2.02. The molecule has 0 bridgehead atoms. The van der Waals surface area contributed by atoms with E-state index >= 15 is 0 Å². The molecule has 7 nitrogen and oxygen atoms in total. The standard InChI is InChI=1S/C15H16N2O5/c1-8-14(9(2)22-17-8)15(20)16-11-6-10(4-5-12(11)18)7-13(19)21-3/h4-6,18H,7H2,1-3H3,(H,16,20). The fraction of sp³-hybridized carbons (Fsp3) is 0.267. The largest absolute Gasteiger partial charge is 0.506 e. The summed E-state index contributed by atoms with van der Waals surface area (Å²) in [6.07, 6.45) is 0.0466. The van der Waals surface area contributed by atoms with Gasteiger partial charge in [0.2, 0.25) is 0 Å². The third-order valence-corrected chi connectivity index (χ3v) is 3.15. The van der Waals surface area contributed by atoms with E-state index in [1.807, 2.05) is 0 Å². The maximum absolute atomic E-state index is 12.2. The molecule has 2 aromatic rings. The molecule has 116 valence electrons. The minimum Gasteiger partial charge on any atom is -0.506 e. The lowest BCUT2D eigenvalue weighted by molar-refractivity contribution is -0.139. The summed E-state index contributed by atoms with van der Waals surface area (Å²) in [6.45, 7) is 3.28. The van der Waals surface area contributed by atoms with Gasteiger partial charge >= 0.3 is 5.97 Å². The Morgan fingerprint density at radius 1 is 1.36 bits per heavy atom. The molecule has 1 amide bonds. The van der Waals surface area contributed by atoms with Gasteiger partial charge in [-0.15, -0.1) is 0 Å². The van der Waals surface area contributed by atoms with Crippen molar-refractivity contribution >= 4 is 17.6 Å². The van der Waals surface area contributed by atoms with Crippen LogP contribution in [0.1, 0.15) is 27.4 Å². The monoisotopic (exact) mass is 304 g/mol. The molecule has 0 spiro atoms. The number of amides is 1. The normalized spacial score (nSPS) is 10.3. The number of ether oxygens (including phenoxy) is 1. The number of nitrogens with zero attached hydrogens (tertiary/aromatic N) is 1. The van der Waals surface area contributed by atoms with Crippen molar-refractivity contribution in [3.8, 4) is 5.75 Å². The van der Waals surface area contributed by atoms with E-state index in [1.54, 1.807) is 19.9 Å². The highest BCUT2D eigenvalue weighted by Crippen LogP contribution is 2.26. The van der Waals surface area contributed by atoms with E-state index in [9.17, 15) is 14.7 Å². The van der Waals surface area contributed by atoms with Crippen molar-refractivity contribution in [3.05, 3.63) is 40.8 Å². The Morgan fingerprint density at radius 3 is 2.68 bits per heavy atom. The number of benzene rings is 1. The smallest absolute Gasteiger partial charge is 0.309 e. The molecule has 0 aliphatic carbocycles. The molecule has 0 saturated heterocycles. The first kappa shape index (κ1) is 15.6. The van der Waals surface area contributed by atoms with Crippen LogP contribution in [-0.4, -0.2) is 29.2 Å². The molecule has 0 saturated carbocycles. The molecular formula is C15H16N2O5. The van der Waals surface area contributed by atoms with Crippen molar-refractivity contribution in [2.24, 2.45) is 0 Å². The average Bonchev–Trinajstić information content (AvgIpc) is 2.81. The molecule has 7 heteroatoms. The summed E-state index contributed by atoms with van der Waals surface area (Å²) in [4.78, 5) is 23.5. The number of hydrogen-bond acceptors (Lipinski definition) is 6. The SMILES string of the molecule is COC(=O)Cc1ccc(O)c(NC(=O)c2c(C)noc2C)c1. The highest BCUT2D eigenvalue weighted by atomic mass is 16.5. The van der Waals surface area contributed by atoms with Crippen LogP contribution in [0.5, 0.6) is 5.75 Å². The molecule has 1 aromatic heterocycles. The van der Waals surface area contributed by atoms with Crippen molar-refractivity contribution in [2.75, 3.05) is 12.4 Å². The maximum Gasteiger partial charge on any atom is 0.309 e.